The number of ketones is 1. The molecule has 15 heavy (non-hydrogen) atoms. The number of allylic oxidation sites excluding steroid dienone is 1. The van der Waals surface area contributed by atoms with Crippen LogP contribution in [0.4, 0.5) is 0 Å². The SMILES string of the molecule is COc1ccc(C(=O)C=CO)cc1OC. The molecule has 0 fully saturated rings. The maximum atomic E-state index is 11.4. The summed E-state index contributed by atoms with van der Waals surface area (Å²) < 4.78 is 10.1. The number of aliphatic hydroxyl groups is 1. The number of benzene rings is 1. The van der Waals surface area contributed by atoms with Gasteiger partial charge in [-0.15, -0.1) is 0 Å². The first-order valence-electron chi connectivity index (χ1n) is 4.30. The highest BCUT2D eigenvalue weighted by Gasteiger charge is 2.08. The highest BCUT2D eigenvalue weighted by atomic mass is 16.5. The molecule has 0 unspecified atom stereocenters. The summed E-state index contributed by atoms with van der Waals surface area (Å²) in [7, 11) is 3.01. The van der Waals surface area contributed by atoms with Gasteiger partial charge in [-0.05, 0) is 18.2 Å². The molecule has 0 aliphatic rings. The summed E-state index contributed by atoms with van der Waals surface area (Å²) in [5.41, 5.74) is 0.429. The molecule has 1 aromatic rings. The van der Waals surface area contributed by atoms with Crippen LogP contribution in [0.3, 0.4) is 0 Å². The Hall–Kier alpha value is -1.97. The summed E-state index contributed by atoms with van der Waals surface area (Å²) in [5.74, 6) is 0.746. The van der Waals surface area contributed by atoms with Crippen molar-refractivity contribution in [1.29, 1.82) is 0 Å². The molecule has 0 aliphatic heterocycles. The van der Waals surface area contributed by atoms with Crippen molar-refractivity contribution >= 4 is 5.78 Å². The normalized spacial score (nSPS) is 10.3. The van der Waals surface area contributed by atoms with Crippen molar-refractivity contribution in [2.75, 3.05) is 14.2 Å². The molecule has 0 atom stereocenters. The molecule has 1 N–H and O–H groups in total. The van der Waals surface area contributed by atoms with Gasteiger partial charge in [-0.3, -0.25) is 4.79 Å². The minimum atomic E-state index is -0.293. The van der Waals surface area contributed by atoms with Crippen molar-refractivity contribution in [2.24, 2.45) is 0 Å². The Balaban J connectivity index is 3.08. The Bertz CT molecular complexity index is 382. The van der Waals surface area contributed by atoms with Crippen molar-refractivity contribution in [3.05, 3.63) is 36.1 Å². The third-order valence-electron chi connectivity index (χ3n) is 1.89. The molecule has 0 spiro atoms. The predicted molar refractivity (Wildman–Crippen MR) is 55.6 cm³/mol. The summed E-state index contributed by atoms with van der Waals surface area (Å²) in [5, 5.41) is 8.47. The van der Waals surface area contributed by atoms with Crippen LogP contribution in [0.1, 0.15) is 10.4 Å². The number of aliphatic hydroxyl groups excluding tert-OH is 1. The Morgan fingerprint density at radius 2 is 1.93 bits per heavy atom. The minimum Gasteiger partial charge on any atom is -0.515 e. The second-order valence-electron chi connectivity index (χ2n) is 2.75. The summed E-state index contributed by atoms with van der Waals surface area (Å²) in [6.07, 6.45) is 1.78. The Kier molecular flexibility index (Phi) is 3.74. The smallest absolute Gasteiger partial charge is 0.189 e. The van der Waals surface area contributed by atoms with Crippen molar-refractivity contribution in [3.8, 4) is 11.5 Å². The highest BCUT2D eigenvalue weighted by molar-refractivity contribution is 6.04. The molecule has 0 amide bonds. The average molecular weight is 208 g/mol. The number of hydrogen-bond donors (Lipinski definition) is 1. The van der Waals surface area contributed by atoms with Gasteiger partial charge in [0.2, 0.25) is 0 Å². The molecule has 0 radical (unpaired) electrons. The van der Waals surface area contributed by atoms with Gasteiger partial charge in [-0.1, -0.05) is 0 Å². The lowest BCUT2D eigenvalue weighted by Gasteiger charge is -2.07. The van der Waals surface area contributed by atoms with Crippen LogP contribution < -0.4 is 9.47 Å². The zero-order valence-electron chi connectivity index (χ0n) is 8.56. The van der Waals surface area contributed by atoms with Gasteiger partial charge >= 0.3 is 0 Å². The topological polar surface area (TPSA) is 55.8 Å². The minimum absolute atomic E-state index is 0.293. The molecule has 4 heteroatoms. The first-order chi connectivity index (χ1) is 7.22. The van der Waals surface area contributed by atoms with E-state index in [4.69, 9.17) is 14.6 Å². The molecule has 0 saturated carbocycles. The second-order valence-corrected chi connectivity index (χ2v) is 2.75. The van der Waals surface area contributed by atoms with E-state index in [-0.39, 0.29) is 5.78 Å². The van der Waals surface area contributed by atoms with Crippen LogP contribution in [0.15, 0.2) is 30.5 Å². The van der Waals surface area contributed by atoms with Crippen LogP contribution in [0.25, 0.3) is 0 Å². The third-order valence-corrected chi connectivity index (χ3v) is 1.89. The maximum Gasteiger partial charge on any atom is 0.189 e. The van der Waals surface area contributed by atoms with Gasteiger partial charge in [0.15, 0.2) is 17.3 Å². The van der Waals surface area contributed by atoms with E-state index in [2.05, 4.69) is 0 Å². The van der Waals surface area contributed by atoms with Crippen molar-refractivity contribution < 1.29 is 19.4 Å². The number of carbonyl (C=O) groups excluding carboxylic acids is 1. The number of methoxy groups -OCH3 is 2. The molecule has 1 rings (SSSR count). The largest absolute Gasteiger partial charge is 0.515 e. The molecule has 0 bridgehead atoms. The van der Waals surface area contributed by atoms with Gasteiger partial charge in [0.05, 0.1) is 20.5 Å². The Morgan fingerprint density at radius 3 is 2.47 bits per heavy atom. The fourth-order valence-corrected chi connectivity index (χ4v) is 1.15. The summed E-state index contributed by atoms with van der Waals surface area (Å²) in [4.78, 5) is 11.4. The number of hydrogen-bond acceptors (Lipinski definition) is 4. The number of rotatable bonds is 4. The summed E-state index contributed by atoms with van der Waals surface area (Å²) in [6, 6.07) is 4.79. The van der Waals surface area contributed by atoms with Crippen LogP contribution >= 0.6 is 0 Å². The van der Waals surface area contributed by atoms with Crippen LogP contribution in [-0.2, 0) is 0 Å². The van der Waals surface area contributed by atoms with Crippen molar-refractivity contribution in [1.82, 2.24) is 0 Å². The lowest BCUT2D eigenvalue weighted by Crippen LogP contribution is -1.97. The molecule has 0 aromatic heterocycles. The Labute approximate surface area is 87.7 Å². The molecule has 1 aromatic carbocycles. The maximum absolute atomic E-state index is 11.4. The van der Waals surface area contributed by atoms with Gasteiger partial charge < -0.3 is 14.6 Å². The zero-order valence-corrected chi connectivity index (χ0v) is 8.56. The van der Waals surface area contributed by atoms with E-state index < -0.39 is 0 Å². The first kappa shape index (κ1) is 11.1. The fraction of sp³-hybridized carbons (Fsp3) is 0.182. The van der Waals surface area contributed by atoms with E-state index >= 15 is 0 Å². The van der Waals surface area contributed by atoms with E-state index in [1.165, 1.54) is 14.2 Å². The number of ether oxygens (including phenoxy) is 2. The fourth-order valence-electron chi connectivity index (χ4n) is 1.15. The van der Waals surface area contributed by atoms with E-state index in [1.807, 2.05) is 0 Å². The first-order valence-corrected chi connectivity index (χ1v) is 4.30. The number of carbonyl (C=O) groups is 1. The van der Waals surface area contributed by atoms with Crippen LogP contribution in [0, 0.1) is 0 Å². The van der Waals surface area contributed by atoms with Crippen LogP contribution in [0.5, 0.6) is 11.5 Å². The standard InChI is InChI=1S/C11H12O4/c1-14-10-4-3-8(7-11(10)15-2)9(13)5-6-12/h3-7,12H,1-2H3. The molecule has 0 heterocycles. The van der Waals surface area contributed by atoms with Crippen LogP contribution in [0.2, 0.25) is 0 Å². The molecule has 0 saturated heterocycles. The second kappa shape index (κ2) is 5.05. The molecular weight excluding hydrogens is 196 g/mol. The Morgan fingerprint density at radius 1 is 1.27 bits per heavy atom. The molecule has 80 valence electrons. The van der Waals surface area contributed by atoms with Gasteiger partial charge in [-0.2, -0.15) is 0 Å². The summed E-state index contributed by atoms with van der Waals surface area (Å²) >= 11 is 0. The quantitative estimate of drug-likeness (QED) is 0.467. The van der Waals surface area contributed by atoms with Crippen molar-refractivity contribution in [3.63, 3.8) is 0 Å². The van der Waals surface area contributed by atoms with E-state index in [0.717, 1.165) is 6.08 Å². The molecule has 4 nitrogen and oxygen atoms in total. The predicted octanol–water partition coefficient (Wildman–Crippen LogP) is 1.96. The van der Waals surface area contributed by atoms with E-state index in [0.29, 0.717) is 23.3 Å². The van der Waals surface area contributed by atoms with Gasteiger partial charge in [0.1, 0.15) is 0 Å². The highest BCUT2D eigenvalue weighted by Crippen LogP contribution is 2.27. The van der Waals surface area contributed by atoms with Crippen LogP contribution in [-0.4, -0.2) is 25.1 Å². The van der Waals surface area contributed by atoms with E-state index in [1.54, 1.807) is 18.2 Å². The monoisotopic (exact) mass is 208 g/mol. The zero-order chi connectivity index (χ0) is 11.3. The third kappa shape index (κ3) is 2.49. The van der Waals surface area contributed by atoms with E-state index in [9.17, 15) is 4.79 Å². The van der Waals surface area contributed by atoms with Gasteiger partial charge in [-0.25, -0.2) is 0 Å². The van der Waals surface area contributed by atoms with Gasteiger partial charge in [0.25, 0.3) is 0 Å². The van der Waals surface area contributed by atoms with Gasteiger partial charge in [0, 0.05) is 11.6 Å². The molecular formula is C11H12O4. The van der Waals surface area contributed by atoms with Crippen molar-refractivity contribution in [2.45, 2.75) is 0 Å². The summed E-state index contributed by atoms with van der Waals surface area (Å²) in [6.45, 7) is 0. The molecule has 0 aliphatic carbocycles. The lowest BCUT2D eigenvalue weighted by atomic mass is 10.1. The lowest BCUT2D eigenvalue weighted by molar-refractivity contribution is 0.104. The average Bonchev–Trinajstić information content (AvgIpc) is 2.28.